The van der Waals surface area contributed by atoms with E-state index in [9.17, 15) is 9.59 Å². The van der Waals surface area contributed by atoms with Crippen molar-refractivity contribution in [2.75, 3.05) is 6.61 Å². The quantitative estimate of drug-likeness (QED) is 0.586. The van der Waals surface area contributed by atoms with Crippen LogP contribution in [0.3, 0.4) is 0 Å². The molecule has 0 spiro atoms. The van der Waals surface area contributed by atoms with Gasteiger partial charge in [0.25, 0.3) is 5.56 Å². The van der Waals surface area contributed by atoms with Crippen LogP contribution in [-0.4, -0.2) is 17.1 Å². The van der Waals surface area contributed by atoms with Crippen molar-refractivity contribution in [1.82, 2.24) is 4.57 Å². The molecular formula is C23H19ClN2O3S. The van der Waals surface area contributed by atoms with Crippen LogP contribution in [0.25, 0.3) is 6.08 Å². The van der Waals surface area contributed by atoms with Crippen molar-refractivity contribution in [3.63, 3.8) is 0 Å². The summed E-state index contributed by atoms with van der Waals surface area (Å²) in [5.41, 5.74) is 2.43. The van der Waals surface area contributed by atoms with E-state index in [4.69, 9.17) is 16.3 Å². The van der Waals surface area contributed by atoms with Gasteiger partial charge < -0.3 is 4.74 Å². The number of benzene rings is 2. The molecule has 0 amide bonds. The Labute approximate surface area is 182 Å². The van der Waals surface area contributed by atoms with E-state index in [1.807, 2.05) is 48.5 Å². The maximum Gasteiger partial charge on any atom is 0.338 e. The fourth-order valence-electron chi connectivity index (χ4n) is 3.45. The Hall–Kier alpha value is -2.96. The van der Waals surface area contributed by atoms with Crippen molar-refractivity contribution in [2.45, 2.75) is 19.9 Å². The third-order valence-electron chi connectivity index (χ3n) is 4.80. The Bertz CT molecular complexity index is 1310. The van der Waals surface area contributed by atoms with Crippen molar-refractivity contribution >= 4 is 35.0 Å². The predicted octanol–water partition coefficient (Wildman–Crippen LogP) is 3.45. The second-order valence-electron chi connectivity index (χ2n) is 6.76. The van der Waals surface area contributed by atoms with Gasteiger partial charge in [0.2, 0.25) is 0 Å². The Morgan fingerprint density at radius 2 is 1.90 bits per heavy atom. The molecule has 1 aliphatic rings. The highest BCUT2D eigenvalue weighted by Gasteiger charge is 2.33. The largest absolute Gasteiger partial charge is 0.463 e. The molecule has 0 fully saturated rings. The van der Waals surface area contributed by atoms with E-state index < -0.39 is 12.0 Å². The third-order valence-corrected chi connectivity index (χ3v) is 6.04. The highest BCUT2D eigenvalue weighted by molar-refractivity contribution is 7.07. The fraction of sp³-hybridized carbons (Fsp3) is 0.174. The van der Waals surface area contributed by atoms with Gasteiger partial charge in [-0.3, -0.25) is 9.36 Å². The highest BCUT2D eigenvalue weighted by atomic mass is 35.5. The molecule has 1 atom stereocenters. The van der Waals surface area contributed by atoms with Crippen LogP contribution >= 0.6 is 22.9 Å². The van der Waals surface area contributed by atoms with Gasteiger partial charge in [-0.05, 0) is 43.2 Å². The number of rotatable bonds is 4. The molecule has 3 aromatic rings. The molecule has 7 heteroatoms. The van der Waals surface area contributed by atoms with Crippen molar-refractivity contribution in [3.8, 4) is 0 Å². The molecule has 5 nitrogen and oxygen atoms in total. The number of allylic oxidation sites excluding steroid dienone is 1. The van der Waals surface area contributed by atoms with E-state index in [0.29, 0.717) is 25.6 Å². The monoisotopic (exact) mass is 438 g/mol. The average Bonchev–Trinajstić information content (AvgIpc) is 3.04. The number of aromatic nitrogens is 1. The molecule has 0 aliphatic carbocycles. The van der Waals surface area contributed by atoms with Crippen molar-refractivity contribution in [1.29, 1.82) is 0 Å². The minimum absolute atomic E-state index is 0.197. The minimum Gasteiger partial charge on any atom is -0.463 e. The zero-order valence-electron chi connectivity index (χ0n) is 16.5. The fourth-order valence-corrected chi connectivity index (χ4v) is 4.63. The van der Waals surface area contributed by atoms with Crippen LogP contribution in [0.2, 0.25) is 5.02 Å². The first-order valence-electron chi connectivity index (χ1n) is 9.49. The van der Waals surface area contributed by atoms with E-state index in [-0.39, 0.29) is 12.2 Å². The van der Waals surface area contributed by atoms with E-state index in [1.165, 1.54) is 11.3 Å². The first kappa shape index (κ1) is 20.3. The van der Waals surface area contributed by atoms with E-state index >= 15 is 0 Å². The molecule has 0 bridgehead atoms. The van der Waals surface area contributed by atoms with Gasteiger partial charge in [0.15, 0.2) is 4.80 Å². The summed E-state index contributed by atoms with van der Waals surface area (Å²) >= 11 is 7.26. The van der Waals surface area contributed by atoms with E-state index in [1.54, 1.807) is 30.5 Å². The van der Waals surface area contributed by atoms with Crippen molar-refractivity contribution in [2.24, 2.45) is 4.99 Å². The highest BCUT2D eigenvalue weighted by Crippen LogP contribution is 2.30. The number of hydrogen-bond donors (Lipinski definition) is 0. The lowest BCUT2D eigenvalue weighted by molar-refractivity contribution is -0.139. The first-order valence-corrected chi connectivity index (χ1v) is 10.7. The summed E-state index contributed by atoms with van der Waals surface area (Å²) < 4.78 is 7.40. The average molecular weight is 439 g/mol. The second-order valence-corrected chi connectivity index (χ2v) is 8.21. The summed E-state index contributed by atoms with van der Waals surface area (Å²) in [6, 6.07) is 16.1. The SMILES string of the molecule is CCOC(=O)C1=C(C)N=c2sc(=Cc3ccc(Cl)cc3)c(=O)n2[C@@H]1c1ccccc1. The zero-order chi connectivity index (χ0) is 21.3. The summed E-state index contributed by atoms with van der Waals surface area (Å²) in [5.74, 6) is -0.459. The maximum absolute atomic E-state index is 13.4. The molecule has 0 saturated carbocycles. The number of fused-ring (bicyclic) bond motifs is 1. The molecule has 4 rings (SSSR count). The number of carbonyl (C=O) groups excluding carboxylic acids is 1. The van der Waals surface area contributed by atoms with Gasteiger partial charge in [-0.25, -0.2) is 9.79 Å². The Morgan fingerprint density at radius 3 is 2.57 bits per heavy atom. The zero-order valence-corrected chi connectivity index (χ0v) is 18.0. The van der Waals surface area contributed by atoms with Crippen LogP contribution in [0.15, 0.2) is 75.7 Å². The molecule has 0 N–H and O–H groups in total. The number of thiazole rings is 1. The van der Waals surface area contributed by atoms with E-state index in [2.05, 4.69) is 4.99 Å². The summed E-state index contributed by atoms with van der Waals surface area (Å²) in [6.07, 6.45) is 1.81. The van der Waals surface area contributed by atoms with Crippen LogP contribution in [0.4, 0.5) is 0 Å². The molecule has 0 saturated heterocycles. The maximum atomic E-state index is 13.4. The van der Waals surface area contributed by atoms with Crippen LogP contribution < -0.4 is 14.9 Å². The van der Waals surface area contributed by atoms with Gasteiger partial charge in [0, 0.05) is 5.02 Å². The number of carbonyl (C=O) groups is 1. The van der Waals surface area contributed by atoms with Gasteiger partial charge >= 0.3 is 5.97 Å². The molecule has 30 heavy (non-hydrogen) atoms. The lowest BCUT2D eigenvalue weighted by atomic mass is 9.96. The summed E-state index contributed by atoms with van der Waals surface area (Å²) in [6.45, 7) is 3.78. The van der Waals surface area contributed by atoms with Gasteiger partial charge in [-0.2, -0.15) is 0 Å². The Kier molecular flexibility index (Phi) is 5.70. The van der Waals surface area contributed by atoms with Crippen LogP contribution in [-0.2, 0) is 9.53 Å². The van der Waals surface area contributed by atoms with Gasteiger partial charge in [0.05, 0.1) is 28.5 Å². The smallest absolute Gasteiger partial charge is 0.338 e. The van der Waals surface area contributed by atoms with Crippen molar-refractivity contribution in [3.05, 3.63) is 102 Å². The summed E-state index contributed by atoms with van der Waals surface area (Å²) in [7, 11) is 0. The third kappa shape index (κ3) is 3.76. The summed E-state index contributed by atoms with van der Waals surface area (Å²) in [4.78, 5) is 31.3. The molecule has 152 valence electrons. The van der Waals surface area contributed by atoms with Crippen LogP contribution in [0, 0.1) is 0 Å². The lowest BCUT2D eigenvalue weighted by Gasteiger charge is -2.24. The topological polar surface area (TPSA) is 60.7 Å². The van der Waals surface area contributed by atoms with Crippen LogP contribution in [0.5, 0.6) is 0 Å². The van der Waals surface area contributed by atoms with Gasteiger partial charge in [0.1, 0.15) is 0 Å². The lowest BCUT2D eigenvalue weighted by Crippen LogP contribution is -2.39. The normalized spacial score (nSPS) is 16.2. The Balaban J connectivity index is 1.94. The number of esters is 1. The number of nitrogens with zero attached hydrogens (tertiary/aromatic N) is 2. The number of halogens is 1. The summed E-state index contributed by atoms with van der Waals surface area (Å²) in [5, 5.41) is 0.632. The van der Waals surface area contributed by atoms with Crippen molar-refractivity contribution < 1.29 is 9.53 Å². The van der Waals surface area contributed by atoms with E-state index in [0.717, 1.165) is 11.1 Å². The first-order chi connectivity index (χ1) is 14.5. The molecule has 2 aromatic carbocycles. The molecule has 1 aliphatic heterocycles. The predicted molar refractivity (Wildman–Crippen MR) is 118 cm³/mol. The Morgan fingerprint density at radius 1 is 1.20 bits per heavy atom. The molecule has 0 unspecified atom stereocenters. The number of ether oxygens (including phenoxy) is 1. The molecule has 1 aromatic heterocycles. The minimum atomic E-state index is -0.589. The molecular weight excluding hydrogens is 420 g/mol. The van der Waals surface area contributed by atoms with Gasteiger partial charge in [-0.1, -0.05) is 65.4 Å². The molecule has 0 radical (unpaired) electrons. The van der Waals surface area contributed by atoms with Crippen LogP contribution in [0.1, 0.15) is 31.0 Å². The second kappa shape index (κ2) is 8.42. The molecule has 2 heterocycles. The number of hydrogen-bond acceptors (Lipinski definition) is 5. The standard InChI is InChI=1S/C23H19ClN2O3S/c1-3-29-22(28)19-14(2)25-23-26(20(19)16-7-5-4-6-8-16)21(27)18(30-23)13-15-9-11-17(24)12-10-15/h4-13,20H,3H2,1-2H3/t20-/m1/s1. The van der Waals surface area contributed by atoms with Gasteiger partial charge in [-0.15, -0.1) is 0 Å².